The number of carbonyl (C=O) groups is 2. The fourth-order valence-corrected chi connectivity index (χ4v) is 4.87. The molecule has 0 bridgehead atoms. The predicted molar refractivity (Wildman–Crippen MR) is 121 cm³/mol. The molecule has 6 nitrogen and oxygen atoms in total. The number of para-hydroxylation sites is 1. The number of likely N-dealkylation sites (tertiary alicyclic amines) is 1. The van der Waals surface area contributed by atoms with Crippen LogP contribution >= 0.6 is 0 Å². The van der Waals surface area contributed by atoms with Gasteiger partial charge in [0.2, 0.25) is 5.91 Å². The van der Waals surface area contributed by atoms with Crippen LogP contribution in [0.2, 0.25) is 0 Å². The number of piperidine rings is 1. The largest absolute Gasteiger partial charge is 0.353 e. The highest BCUT2D eigenvalue weighted by Crippen LogP contribution is 2.24. The summed E-state index contributed by atoms with van der Waals surface area (Å²) in [5.41, 5.74) is 2.36. The number of hydrogen-bond donors (Lipinski definition) is 1. The highest BCUT2D eigenvalue weighted by Gasteiger charge is 2.27. The molecule has 1 saturated heterocycles. The van der Waals surface area contributed by atoms with E-state index in [0.29, 0.717) is 37.0 Å². The van der Waals surface area contributed by atoms with Crippen molar-refractivity contribution in [2.45, 2.75) is 70.8 Å². The van der Waals surface area contributed by atoms with Crippen LogP contribution in [0.4, 0.5) is 0 Å². The number of benzene rings is 1. The van der Waals surface area contributed by atoms with E-state index in [4.69, 9.17) is 0 Å². The van der Waals surface area contributed by atoms with Crippen LogP contribution in [0.15, 0.2) is 36.5 Å². The van der Waals surface area contributed by atoms with Gasteiger partial charge in [-0.3, -0.25) is 9.59 Å². The fraction of sp³-hybridized carbons (Fsp3) is 0.560. The Hall–Kier alpha value is -2.63. The number of aryl methyl sites for hydroxylation is 1. The summed E-state index contributed by atoms with van der Waals surface area (Å²) in [6, 6.07) is 10.2. The maximum Gasteiger partial charge on any atom is 0.257 e. The standard InChI is InChI=1S/C25H34N4O2/c1-19-23(18-29(27-19)22-11-7-4-8-12-22)25(31)28-15-13-20(14-16-28)17-24(30)26-21-9-5-2-3-6-10-21/h4,7-8,11-12,18,20-21H,2-3,5-6,9-10,13-17H2,1H3,(H,26,30). The minimum absolute atomic E-state index is 0.0426. The topological polar surface area (TPSA) is 67.2 Å². The minimum atomic E-state index is 0.0426. The van der Waals surface area contributed by atoms with Crippen LogP contribution in [-0.4, -0.2) is 45.6 Å². The van der Waals surface area contributed by atoms with Crippen molar-refractivity contribution in [2.24, 2.45) is 5.92 Å². The van der Waals surface area contributed by atoms with Crippen LogP contribution < -0.4 is 5.32 Å². The highest BCUT2D eigenvalue weighted by molar-refractivity contribution is 5.95. The third-order valence-corrected chi connectivity index (χ3v) is 6.75. The molecule has 0 atom stereocenters. The SMILES string of the molecule is Cc1nn(-c2ccccc2)cc1C(=O)N1CCC(CC(=O)NC2CCCCCC2)CC1. The number of rotatable bonds is 5. The second kappa shape index (κ2) is 10.1. The predicted octanol–water partition coefficient (Wildman–Crippen LogP) is 4.26. The molecule has 6 heteroatoms. The summed E-state index contributed by atoms with van der Waals surface area (Å²) in [4.78, 5) is 27.5. The Morgan fingerprint density at radius 1 is 1.00 bits per heavy atom. The van der Waals surface area contributed by atoms with Gasteiger partial charge in [-0.25, -0.2) is 4.68 Å². The van der Waals surface area contributed by atoms with Crippen molar-refractivity contribution >= 4 is 11.8 Å². The normalized spacial score (nSPS) is 18.5. The van der Waals surface area contributed by atoms with Crippen molar-refractivity contribution in [1.82, 2.24) is 20.0 Å². The van der Waals surface area contributed by atoms with Gasteiger partial charge in [-0.05, 0) is 50.7 Å². The zero-order valence-electron chi connectivity index (χ0n) is 18.6. The van der Waals surface area contributed by atoms with E-state index in [9.17, 15) is 9.59 Å². The second-order valence-corrected chi connectivity index (χ2v) is 9.10. The molecule has 1 N–H and O–H groups in total. The summed E-state index contributed by atoms with van der Waals surface area (Å²) < 4.78 is 1.77. The summed E-state index contributed by atoms with van der Waals surface area (Å²) >= 11 is 0. The lowest BCUT2D eigenvalue weighted by Crippen LogP contribution is -2.41. The summed E-state index contributed by atoms with van der Waals surface area (Å²) in [7, 11) is 0. The zero-order chi connectivity index (χ0) is 21.6. The third-order valence-electron chi connectivity index (χ3n) is 6.75. The monoisotopic (exact) mass is 422 g/mol. The molecule has 2 aromatic rings. The molecule has 31 heavy (non-hydrogen) atoms. The Morgan fingerprint density at radius 3 is 2.35 bits per heavy atom. The van der Waals surface area contributed by atoms with E-state index in [1.165, 1.54) is 25.7 Å². The molecule has 166 valence electrons. The molecule has 1 aliphatic heterocycles. The first-order chi connectivity index (χ1) is 15.1. The van der Waals surface area contributed by atoms with Gasteiger partial charge in [0.25, 0.3) is 5.91 Å². The van der Waals surface area contributed by atoms with E-state index < -0.39 is 0 Å². The summed E-state index contributed by atoms with van der Waals surface area (Å²) in [5.74, 6) is 0.598. The Bertz CT molecular complexity index is 876. The number of carbonyl (C=O) groups excluding carboxylic acids is 2. The van der Waals surface area contributed by atoms with E-state index in [0.717, 1.165) is 37.1 Å². The number of aromatic nitrogens is 2. The molecular weight excluding hydrogens is 388 g/mol. The van der Waals surface area contributed by atoms with Crippen molar-refractivity contribution in [1.29, 1.82) is 0 Å². The van der Waals surface area contributed by atoms with E-state index in [-0.39, 0.29) is 11.8 Å². The molecular formula is C25H34N4O2. The molecule has 2 heterocycles. The fourth-order valence-electron chi connectivity index (χ4n) is 4.87. The molecule has 0 radical (unpaired) electrons. The first kappa shape index (κ1) is 21.6. The Morgan fingerprint density at radius 2 is 1.68 bits per heavy atom. The van der Waals surface area contributed by atoms with Gasteiger partial charge < -0.3 is 10.2 Å². The maximum atomic E-state index is 13.1. The van der Waals surface area contributed by atoms with E-state index in [1.807, 2.05) is 48.4 Å². The molecule has 1 aliphatic carbocycles. The van der Waals surface area contributed by atoms with Crippen molar-refractivity contribution in [2.75, 3.05) is 13.1 Å². The van der Waals surface area contributed by atoms with Gasteiger partial charge in [0, 0.05) is 31.7 Å². The summed E-state index contributed by atoms with van der Waals surface area (Å²) in [6.07, 6.45) is 11.5. The smallest absolute Gasteiger partial charge is 0.257 e. The van der Waals surface area contributed by atoms with E-state index >= 15 is 0 Å². The lowest BCUT2D eigenvalue weighted by atomic mass is 9.92. The quantitative estimate of drug-likeness (QED) is 0.732. The van der Waals surface area contributed by atoms with Gasteiger partial charge in [0.15, 0.2) is 0 Å². The van der Waals surface area contributed by atoms with Crippen molar-refractivity contribution in [3.8, 4) is 5.69 Å². The summed E-state index contributed by atoms with van der Waals surface area (Å²) in [6.45, 7) is 3.30. The van der Waals surface area contributed by atoms with Crippen LogP contribution in [0.3, 0.4) is 0 Å². The average molecular weight is 423 g/mol. The van der Waals surface area contributed by atoms with Crippen molar-refractivity contribution in [3.63, 3.8) is 0 Å². The molecule has 2 aliphatic rings. The third kappa shape index (κ3) is 5.54. The van der Waals surface area contributed by atoms with Gasteiger partial charge in [-0.1, -0.05) is 43.9 Å². The molecule has 1 aromatic carbocycles. The van der Waals surface area contributed by atoms with Crippen molar-refractivity contribution in [3.05, 3.63) is 47.8 Å². The second-order valence-electron chi connectivity index (χ2n) is 9.10. The maximum absolute atomic E-state index is 13.1. The lowest BCUT2D eigenvalue weighted by Gasteiger charge is -2.32. The van der Waals surface area contributed by atoms with Gasteiger partial charge in [0.1, 0.15) is 0 Å². The number of nitrogens with one attached hydrogen (secondary N) is 1. The van der Waals surface area contributed by atoms with Crippen LogP contribution in [0.1, 0.15) is 73.8 Å². The van der Waals surface area contributed by atoms with Crippen molar-refractivity contribution < 1.29 is 9.59 Å². The first-order valence-electron chi connectivity index (χ1n) is 11.8. The van der Waals surface area contributed by atoms with E-state index in [1.54, 1.807) is 4.68 Å². The van der Waals surface area contributed by atoms with Gasteiger partial charge in [-0.15, -0.1) is 0 Å². The van der Waals surface area contributed by atoms with Gasteiger partial charge in [-0.2, -0.15) is 5.10 Å². The summed E-state index contributed by atoms with van der Waals surface area (Å²) in [5, 5.41) is 7.79. The van der Waals surface area contributed by atoms with Gasteiger partial charge in [0.05, 0.1) is 16.9 Å². The Labute approximate surface area is 185 Å². The molecule has 2 fully saturated rings. The number of amides is 2. The number of hydrogen-bond acceptors (Lipinski definition) is 3. The zero-order valence-corrected chi connectivity index (χ0v) is 18.6. The van der Waals surface area contributed by atoms with Crippen LogP contribution in [0.5, 0.6) is 0 Å². The van der Waals surface area contributed by atoms with E-state index in [2.05, 4.69) is 10.4 Å². The molecule has 4 rings (SSSR count). The van der Waals surface area contributed by atoms with Crippen LogP contribution in [0.25, 0.3) is 5.69 Å². The highest BCUT2D eigenvalue weighted by atomic mass is 16.2. The Balaban J connectivity index is 1.28. The van der Waals surface area contributed by atoms with Gasteiger partial charge >= 0.3 is 0 Å². The van der Waals surface area contributed by atoms with Crippen LogP contribution in [-0.2, 0) is 4.79 Å². The minimum Gasteiger partial charge on any atom is -0.353 e. The van der Waals surface area contributed by atoms with Crippen LogP contribution in [0, 0.1) is 12.8 Å². The molecule has 1 saturated carbocycles. The molecule has 0 spiro atoms. The number of nitrogens with zero attached hydrogens (tertiary/aromatic N) is 3. The first-order valence-corrected chi connectivity index (χ1v) is 11.8. The molecule has 0 unspecified atom stereocenters. The molecule has 2 amide bonds. The Kier molecular flexibility index (Phi) is 7.05. The average Bonchev–Trinajstić information content (AvgIpc) is 2.99. The lowest BCUT2D eigenvalue weighted by molar-refractivity contribution is -0.123. The molecule has 1 aromatic heterocycles.